The average molecular weight is 409 g/mol. The van der Waals surface area contributed by atoms with E-state index in [1.807, 2.05) is 13.8 Å². The summed E-state index contributed by atoms with van der Waals surface area (Å²) in [5.74, 6) is 0.174. The van der Waals surface area contributed by atoms with Crippen molar-refractivity contribution < 1.29 is 23.2 Å². The Labute approximate surface area is 165 Å². The summed E-state index contributed by atoms with van der Waals surface area (Å²) in [6.07, 6.45) is 1.02. The maximum Gasteiger partial charge on any atom is 0.387 e. The molecule has 1 aromatic heterocycles. The highest BCUT2D eigenvalue weighted by Crippen LogP contribution is 2.34. The molecule has 0 aliphatic carbocycles. The SMILES string of the molecule is CC1CN(c2ncnc(NCc3ccccc3OC(F)F)c2[N+](=O)[O-])CC(C)O1. The van der Waals surface area contributed by atoms with E-state index in [0.29, 0.717) is 18.7 Å². The zero-order chi connectivity index (χ0) is 21.0. The largest absolute Gasteiger partial charge is 0.434 e. The van der Waals surface area contributed by atoms with Gasteiger partial charge in [-0.3, -0.25) is 10.1 Å². The number of benzene rings is 1. The van der Waals surface area contributed by atoms with E-state index >= 15 is 0 Å². The normalized spacial score (nSPS) is 19.3. The summed E-state index contributed by atoms with van der Waals surface area (Å²) in [4.78, 5) is 21.1. The number of alkyl halides is 2. The van der Waals surface area contributed by atoms with Crippen LogP contribution in [0.5, 0.6) is 5.75 Å². The number of hydrogen-bond acceptors (Lipinski definition) is 8. The van der Waals surface area contributed by atoms with Gasteiger partial charge in [-0.1, -0.05) is 18.2 Å². The van der Waals surface area contributed by atoms with Gasteiger partial charge in [-0.2, -0.15) is 8.78 Å². The van der Waals surface area contributed by atoms with Gasteiger partial charge in [0.25, 0.3) is 0 Å². The van der Waals surface area contributed by atoms with E-state index in [1.54, 1.807) is 23.1 Å². The van der Waals surface area contributed by atoms with Crippen LogP contribution in [-0.4, -0.2) is 46.8 Å². The molecule has 0 saturated carbocycles. The number of para-hydroxylation sites is 1. The number of nitrogens with one attached hydrogen (secondary N) is 1. The summed E-state index contributed by atoms with van der Waals surface area (Å²) in [6, 6.07) is 6.21. The lowest BCUT2D eigenvalue weighted by Crippen LogP contribution is -2.46. The third-order valence-electron chi connectivity index (χ3n) is 4.34. The summed E-state index contributed by atoms with van der Waals surface area (Å²) in [5, 5.41) is 14.6. The van der Waals surface area contributed by atoms with Crippen molar-refractivity contribution in [3.8, 4) is 5.75 Å². The molecule has 1 N–H and O–H groups in total. The Morgan fingerprint density at radius 1 is 1.31 bits per heavy atom. The van der Waals surface area contributed by atoms with Gasteiger partial charge in [-0.25, -0.2) is 9.97 Å². The minimum atomic E-state index is -2.97. The van der Waals surface area contributed by atoms with E-state index < -0.39 is 11.5 Å². The molecule has 1 aromatic carbocycles. The van der Waals surface area contributed by atoms with Gasteiger partial charge in [-0.05, 0) is 19.9 Å². The summed E-state index contributed by atoms with van der Waals surface area (Å²) >= 11 is 0. The summed E-state index contributed by atoms with van der Waals surface area (Å²) < 4.78 is 35.3. The number of ether oxygens (including phenoxy) is 2. The van der Waals surface area contributed by atoms with Gasteiger partial charge >= 0.3 is 12.3 Å². The summed E-state index contributed by atoms with van der Waals surface area (Å²) in [7, 11) is 0. The monoisotopic (exact) mass is 409 g/mol. The molecule has 0 radical (unpaired) electrons. The zero-order valence-corrected chi connectivity index (χ0v) is 15.9. The Bertz CT molecular complexity index is 860. The van der Waals surface area contributed by atoms with Crippen molar-refractivity contribution in [2.45, 2.75) is 39.2 Å². The lowest BCUT2D eigenvalue weighted by molar-refractivity contribution is -0.383. The van der Waals surface area contributed by atoms with Gasteiger partial charge in [0.2, 0.25) is 11.6 Å². The van der Waals surface area contributed by atoms with E-state index in [1.165, 1.54) is 12.4 Å². The van der Waals surface area contributed by atoms with E-state index in [-0.39, 0.29) is 41.8 Å². The third-order valence-corrected chi connectivity index (χ3v) is 4.34. The first-order chi connectivity index (χ1) is 13.8. The van der Waals surface area contributed by atoms with Crippen LogP contribution in [0.25, 0.3) is 0 Å². The number of halogens is 2. The predicted molar refractivity (Wildman–Crippen MR) is 101 cm³/mol. The molecule has 3 rings (SSSR count). The first-order valence-electron chi connectivity index (χ1n) is 9.01. The van der Waals surface area contributed by atoms with Crippen LogP contribution in [0, 0.1) is 10.1 Å². The van der Waals surface area contributed by atoms with Gasteiger partial charge in [0.05, 0.1) is 17.1 Å². The molecule has 2 unspecified atom stereocenters. The molecule has 0 amide bonds. The zero-order valence-electron chi connectivity index (χ0n) is 15.9. The molecule has 0 spiro atoms. The molecule has 9 nitrogen and oxygen atoms in total. The third kappa shape index (κ3) is 5.05. The average Bonchev–Trinajstić information content (AvgIpc) is 2.65. The quantitative estimate of drug-likeness (QED) is 0.549. The van der Waals surface area contributed by atoms with Gasteiger partial charge in [0, 0.05) is 25.2 Å². The molecule has 29 heavy (non-hydrogen) atoms. The number of anilines is 2. The lowest BCUT2D eigenvalue weighted by atomic mass is 10.2. The Hall–Kier alpha value is -3.08. The van der Waals surface area contributed by atoms with E-state index in [0.717, 1.165) is 0 Å². The molecule has 2 aromatic rings. The Morgan fingerprint density at radius 2 is 2.00 bits per heavy atom. The van der Waals surface area contributed by atoms with Gasteiger partial charge in [-0.15, -0.1) is 0 Å². The standard InChI is InChI=1S/C18H21F2N5O4/c1-11-8-24(9-12(2)28-11)17-15(25(26)27)16(22-10-23-17)21-7-13-5-3-4-6-14(13)29-18(19)20/h3-6,10-12,18H,7-9H2,1-2H3,(H,21,22,23). The second kappa shape index (κ2) is 8.95. The number of rotatable bonds is 7. The van der Waals surface area contributed by atoms with Gasteiger partial charge < -0.3 is 19.7 Å². The van der Waals surface area contributed by atoms with Gasteiger partial charge in [0.1, 0.15) is 12.1 Å². The molecule has 1 fully saturated rings. The van der Waals surface area contributed by atoms with Crippen LogP contribution in [0.2, 0.25) is 0 Å². The van der Waals surface area contributed by atoms with Crippen molar-refractivity contribution in [3.05, 3.63) is 46.3 Å². The first-order valence-corrected chi connectivity index (χ1v) is 9.01. The first kappa shape index (κ1) is 20.6. The molecule has 156 valence electrons. The van der Waals surface area contributed by atoms with Crippen molar-refractivity contribution >= 4 is 17.3 Å². The highest BCUT2D eigenvalue weighted by molar-refractivity contribution is 5.70. The molecule has 1 saturated heterocycles. The summed E-state index contributed by atoms with van der Waals surface area (Å²) in [6.45, 7) is 1.71. The number of nitrogens with zero attached hydrogens (tertiary/aromatic N) is 4. The Morgan fingerprint density at radius 3 is 2.66 bits per heavy atom. The Balaban J connectivity index is 1.86. The van der Waals surface area contributed by atoms with Gasteiger partial charge in [0.15, 0.2) is 0 Å². The predicted octanol–water partition coefficient (Wildman–Crippen LogP) is 3.21. The Kier molecular flexibility index (Phi) is 6.37. The molecule has 1 aliphatic heterocycles. The van der Waals surface area contributed by atoms with Crippen LogP contribution in [0.1, 0.15) is 19.4 Å². The van der Waals surface area contributed by atoms with E-state index in [9.17, 15) is 18.9 Å². The molecule has 11 heteroatoms. The van der Waals surface area contributed by atoms with Crippen molar-refractivity contribution in [2.75, 3.05) is 23.3 Å². The van der Waals surface area contributed by atoms with Crippen LogP contribution in [0.15, 0.2) is 30.6 Å². The lowest BCUT2D eigenvalue weighted by Gasteiger charge is -2.35. The van der Waals surface area contributed by atoms with Crippen molar-refractivity contribution in [2.24, 2.45) is 0 Å². The molecule has 2 heterocycles. The van der Waals surface area contributed by atoms with Crippen LogP contribution in [0.4, 0.5) is 26.1 Å². The molecular formula is C18H21F2N5O4. The smallest absolute Gasteiger partial charge is 0.387 e. The fraction of sp³-hybridized carbons (Fsp3) is 0.444. The second-order valence-corrected chi connectivity index (χ2v) is 6.65. The molecule has 0 bridgehead atoms. The topological polar surface area (TPSA) is 103 Å². The summed E-state index contributed by atoms with van der Waals surface area (Å²) in [5.41, 5.74) is 0.136. The number of nitro groups is 1. The number of morpholine rings is 1. The van der Waals surface area contributed by atoms with Crippen LogP contribution in [-0.2, 0) is 11.3 Å². The highest BCUT2D eigenvalue weighted by atomic mass is 19.3. The van der Waals surface area contributed by atoms with E-state index in [4.69, 9.17) is 4.74 Å². The van der Waals surface area contributed by atoms with E-state index in [2.05, 4.69) is 20.0 Å². The number of aromatic nitrogens is 2. The maximum atomic E-state index is 12.6. The van der Waals surface area contributed by atoms with Crippen LogP contribution >= 0.6 is 0 Å². The van der Waals surface area contributed by atoms with Crippen LogP contribution in [0.3, 0.4) is 0 Å². The van der Waals surface area contributed by atoms with Crippen molar-refractivity contribution in [3.63, 3.8) is 0 Å². The molecular weight excluding hydrogens is 388 g/mol. The fourth-order valence-corrected chi connectivity index (χ4v) is 3.29. The van der Waals surface area contributed by atoms with Crippen molar-refractivity contribution in [1.29, 1.82) is 0 Å². The highest BCUT2D eigenvalue weighted by Gasteiger charge is 2.31. The maximum absolute atomic E-state index is 12.6. The minimum Gasteiger partial charge on any atom is -0.434 e. The minimum absolute atomic E-state index is 0.00125. The number of hydrogen-bond donors (Lipinski definition) is 1. The van der Waals surface area contributed by atoms with Crippen LogP contribution < -0.4 is 15.0 Å². The fourth-order valence-electron chi connectivity index (χ4n) is 3.29. The van der Waals surface area contributed by atoms with Crippen molar-refractivity contribution in [1.82, 2.24) is 9.97 Å². The second-order valence-electron chi connectivity index (χ2n) is 6.65. The molecule has 1 aliphatic rings. The molecule has 2 atom stereocenters.